The first kappa shape index (κ1) is 25.1. The Morgan fingerprint density at radius 1 is 0.815 bits per heavy atom. The summed E-state index contributed by atoms with van der Waals surface area (Å²) in [6, 6.07) is -0.749. The minimum absolute atomic E-state index is 0. The molecule has 0 spiro atoms. The van der Waals surface area contributed by atoms with Crippen molar-refractivity contribution in [1.29, 1.82) is 0 Å². The van der Waals surface area contributed by atoms with E-state index in [9.17, 15) is 19.2 Å². The maximum atomic E-state index is 11.6. The molecular formula is C16H26ClNO9. The van der Waals surface area contributed by atoms with Crippen molar-refractivity contribution in [3.05, 3.63) is 0 Å². The fourth-order valence-corrected chi connectivity index (χ4v) is 2.69. The van der Waals surface area contributed by atoms with Crippen molar-refractivity contribution in [2.75, 3.05) is 20.7 Å². The van der Waals surface area contributed by atoms with Gasteiger partial charge in [0.05, 0.1) is 0 Å². The molecule has 5 unspecified atom stereocenters. The highest BCUT2D eigenvalue weighted by Crippen LogP contribution is 2.30. The topological polar surface area (TPSA) is 118 Å². The molecule has 1 aliphatic rings. The average Bonchev–Trinajstić information content (AvgIpc) is 2.45. The lowest BCUT2D eigenvalue weighted by Crippen LogP contribution is -2.65. The Labute approximate surface area is 163 Å². The molecule has 0 aliphatic carbocycles. The van der Waals surface area contributed by atoms with Crippen LogP contribution in [0.3, 0.4) is 0 Å². The van der Waals surface area contributed by atoms with Crippen LogP contribution in [-0.2, 0) is 42.9 Å². The standard InChI is InChI=1S/C16H25NO9.ClH/c1-8(18)22-7-12-14(23-9(2)19)15(24-10(3)20)13(17(5)6)16(26-12)25-11(4)21;/h12-16H,7H2,1-6H3;1H. The Kier molecular flexibility index (Phi) is 10.3. The van der Waals surface area contributed by atoms with Crippen molar-refractivity contribution in [1.82, 2.24) is 4.90 Å². The van der Waals surface area contributed by atoms with E-state index in [2.05, 4.69) is 0 Å². The molecule has 1 aliphatic heterocycles. The van der Waals surface area contributed by atoms with Crippen LogP contribution in [0.15, 0.2) is 0 Å². The van der Waals surface area contributed by atoms with E-state index in [0.717, 1.165) is 0 Å². The molecule has 11 heteroatoms. The van der Waals surface area contributed by atoms with E-state index in [4.69, 9.17) is 23.7 Å². The van der Waals surface area contributed by atoms with Crippen LogP contribution in [-0.4, -0.2) is 80.1 Å². The summed E-state index contributed by atoms with van der Waals surface area (Å²) in [6.45, 7) is 4.53. The fraction of sp³-hybridized carbons (Fsp3) is 0.750. The highest BCUT2D eigenvalue weighted by Gasteiger charge is 2.52. The molecule has 5 atom stereocenters. The first-order chi connectivity index (χ1) is 12.0. The van der Waals surface area contributed by atoms with Crippen LogP contribution in [0, 0.1) is 0 Å². The van der Waals surface area contributed by atoms with E-state index in [-0.39, 0.29) is 19.0 Å². The Hall–Kier alpha value is -1.91. The number of rotatable bonds is 6. The van der Waals surface area contributed by atoms with Gasteiger partial charge in [0, 0.05) is 27.7 Å². The second-order valence-electron chi connectivity index (χ2n) is 6.06. The maximum Gasteiger partial charge on any atom is 0.304 e. The van der Waals surface area contributed by atoms with E-state index in [1.165, 1.54) is 27.7 Å². The predicted molar refractivity (Wildman–Crippen MR) is 92.9 cm³/mol. The number of hydrogen-bond donors (Lipinski definition) is 0. The molecule has 156 valence electrons. The molecule has 10 nitrogen and oxygen atoms in total. The fourth-order valence-electron chi connectivity index (χ4n) is 2.69. The molecule has 0 N–H and O–H groups in total. The molecule has 0 aromatic rings. The van der Waals surface area contributed by atoms with E-state index in [1.54, 1.807) is 19.0 Å². The minimum Gasteiger partial charge on any atom is -0.463 e. The largest absolute Gasteiger partial charge is 0.463 e. The van der Waals surface area contributed by atoms with Crippen LogP contribution in [0.4, 0.5) is 0 Å². The lowest BCUT2D eigenvalue weighted by atomic mass is 9.95. The van der Waals surface area contributed by atoms with Gasteiger partial charge in [-0.3, -0.25) is 24.1 Å². The molecule has 0 bridgehead atoms. The number of nitrogens with zero attached hydrogens (tertiary/aromatic N) is 1. The smallest absolute Gasteiger partial charge is 0.304 e. The Morgan fingerprint density at radius 3 is 1.70 bits per heavy atom. The molecule has 0 amide bonds. The summed E-state index contributed by atoms with van der Waals surface area (Å²) in [7, 11) is 3.33. The Morgan fingerprint density at radius 2 is 1.30 bits per heavy atom. The number of likely N-dealkylation sites (N-methyl/N-ethyl adjacent to an activating group) is 1. The third-order valence-corrected chi connectivity index (χ3v) is 3.55. The second kappa shape index (κ2) is 11.1. The summed E-state index contributed by atoms with van der Waals surface area (Å²) in [5.41, 5.74) is 0. The van der Waals surface area contributed by atoms with Gasteiger partial charge in [-0.1, -0.05) is 0 Å². The van der Waals surface area contributed by atoms with Crippen molar-refractivity contribution >= 4 is 36.3 Å². The van der Waals surface area contributed by atoms with Crippen molar-refractivity contribution in [2.45, 2.75) is 58.3 Å². The molecule has 1 fully saturated rings. The Balaban J connectivity index is 0.00000676. The van der Waals surface area contributed by atoms with Crippen LogP contribution in [0.5, 0.6) is 0 Å². The van der Waals surface area contributed by atoms with Gasteiger partial charge in [-0.2, -0.15) is 0 Å². The molecule has 0 aromatic carbocycles. The molecule has 1 heterocycles. The summed E-state index contributed by atoms with van der Waals surface area (Å²) < 4.78 is 26.5. The van der Waals surface area contributed by atoms with Gasteiger partial charge in [0.25, 0.3) is 0 Å². The van der Waals surface area contributed by atoms with E-state index < -0.39 is 54.5 Å². The monoisotopic (exact) mass is 411 g/mol. The zero-order valence-corrected chi connectivity index (χ0v) is 16.9. The molecule has 1 rings (SSSR count). The zero-order valence-electron chi connectivity index (χ0n) is 16.1. The third-order valence-electron chi connectivity index (χ3n) is 3.55. The first-order valence-corrected chi connectivity index (χ1v) is 7.99. The van der Waals surface area contributed by atoms with Crippen molar-refractivity contribution < 1.29 is 42.9 Å². The normalized spacial score (nSPS) is 27.1. The molecular weight excluding hydrogens is 386 g/mol. The van der Waals surface area contributed by atoms with Gasteiger partial charge in [-0.05, 0) is 14.1 Å². The third kappa shape index (κ3) is 7.69. The summed E-state index contributed by atoms with van der Waals surface area (Å²) >= 11 is 0. The highest BCUT2D eigenvalue weighted by molar-refractivity contribution is 5.85. The summed E-state index contributed by atoms with van der Waals surface area (Å²) in [5, 5.41) is 0. The number of esters is 4. The highest BCUT2D eigenvalue weighted by atomic mass is 35.5. The van der Waals surface area contributed by atoms with Crippen LogP contribution in [0.1, 0.15) is 27.7 Å². The summed E-state index contributed by atoms with van der Waals surface area (Å²) in [6.07, 6.45) is -4.19. The van der Waals surface area contributed by atoms with Gasteiger partial charge in [-0.15, -0.1) is 12.4 Å². The van der Waals surface area contributed by atoms with Gasteiger partial charge >= 0.3 is 23.9 Å². The summed E-state index contributed by atoms with van der Waals surface area (Å²) in [5.74, 6) is -2.43. The van der Waals surface area contributed by atoms with Crippen LogP contribution < -0.4 is 0 Å². The van der Waals surface area contributed by atoms with Gasteiger partial charge < -0.3 is 23.7 Å². The minimum atomic E-state index is -1.13. The van der Waals surface area contributed by atoms with Crippen LogP contribution >= 0.6 is 12.4 Å². The SMILES string of the molecule is CC(=O)OCC1OC(OC(C)=O)C(N(C)C)C(OC(C)=O)C1OC(C)=O.Cl. The lowest BCUT2D eigenvalue weighted by molar-refractivity contribution is -0.282. The number of carbonyl (C=O) groups is 4. The average molecular weight is 412 g/mol. The van der Waals surface area contributed by atoms with Crippen LogP contribution in [0.25, 0.3) is 0 Å². The Bertz CT molecular complexity index is 554. The molecule has 1 saturated heterocycles. The van der Waals surface area contributed by atoms with Crippen molar-refractivity contribution in [3.8, 4) is 0 Å². The molecule has 0 aromatic heterocycles. The lowest BCUT2D eigenvalue weighted by Gasteiger charge is -2.46. The maximum absolute atomic E-state index is 11.6. The quantitative estimate of drug-likeness (QED) is 0.438. The van der Waals surface area contributed by atoms with Gasteiger partial charge in [-0.25, -0.2) is 0 Å². The van der Waals surface area contributed by atoms with Crippen molar-refractivity contribution in [2.24, 2.45) is 0 Å². The second-order valence-corrected chi connectivity index (χ2v) is 6.06. The first-order valence-electron chi connectivity index (χ1n) is 7.99. The van der Waals surface area contributed by atoms with E-state index >= 15 is 0 Å². The van der Waals surface area contributed by atoms with Gasteiger partial charge in [0.2, 0.25) is 6.29 Å². The molecule has 0 saturated carbocycles. The molecule has 27 heavy (non-hydrogen) atoms. The number of ether oxygens (including phenoxy) is 5. The van der Waals surface area contributed by atoms with Gasteiger partial charge in [0.15, 0.2) is 12.2 Å². The van der Waals surface area contributed by atoms with Crippen molar-refractivity contribution in [3.63, 3.8) is 0 Å². The van der Waals surface area contributed by atoms with Crippen LogP contribution in [0.2, 0.25) is 0 Å². The molecule has 0 radical (unpaired) electrons. The summed E-state index contributed by atoms with van der Waals surface area (Å²) in [4.78, 5) is 47.3. The predicted octanol–water partition coefficient (Wildman–Crippen LogP) is 0.0529. The van der Waals surface area contributed by atoms with E-state index in [1.807, 2.05) is 0 Å². The van der Waals surface area contributed by atoms with E-state index in [0.29, 0.717) is 0 Å². The van der Waals surface area contributed by atoms with Gasteiger partial charge in [0.1, 0.15) is 18.8 Å². The number of carbonyl (C=O) groups excluding carboxylic acids is 4. The number of halogens is 1. The zero-order chi connectivity index (χ0) is 20.0. The number of hydrogen-bond acceptors (Lipinski definition) is 10.